The summed E-state index contributed by atoms with van der Waals surface area (Å²) in [5.74, 6) is -1.13. The Bertz CT molecular complexity index is 1850. The van der Waals surface area contributed by atoms with Crippen LogP contribution in [0.5, 0.6) is 0 Å². The van der Waals surface area contributed by atoms with Crippen LogP contribution in [0, 0.1) is 11.6 Å². The molecule has 2 aromatic carbocycles. The topological polar surface area (TPSA) is 74.6 Å². The van der Waals surface area contributed by atoms with Crippen molar-refractivity contribution in [3.05, 3.63) is 88.4 Å². The van der Waals surface area contributed by atoms with E-state index in [9.17, 15) is 9.59 Å². The maximum absolute atomic E-state index is 16.3. The maximum Gasteiger partial charge on any atom is 0.355 e. The number of halogens is 2. The molecule has 0 aliphatic carbocycles. The van der Waals surface area contributed by atoms with Crippen LogP contribution in [0.2, 0.25) is 0 Å². The predicted octanol–water partition coefficient (Wildman–Crippen LogP) is 5.45. The number of rotatable bonds is 3. The first-order chi connectivity index (χ1) is 21.1. The number of pyridine rings is 1. The van der Waals surface area contributed by atoms with Gasteiger partial charge in [0.2, 0.25) is 5.91 Å². The van der Waals surface area contributed by atoms with Crippen LogP contribution in [0.1, 0.15) is 44.2 Å². The van der Waals surface area contributed by atoms with Gasteiger partial charge in [0.15, 0.2) is 11.5 Å². The molecule has 10 heteroatoms. The van der Waals surface area contributed by atoms with Gasteiger partial charge in [0.1, 0.15) is 17.3 Å². The fourth-order valence-corrected chi connectivity index (χ4v) is 6.55. The molecule has 2 bridgehead atoms. The Labute approximate surface area is 255 Å². The van der Waals surface area contributed by atoms with E-state index in [0.29, 0.717) is 55.2 Å². The molecule has 6 rings (SSSR count). The molecule has 228 valence electrons. The van der Waals surface area contributed by atoms with E-state index in [-0.39, 0.29) is 34.8 Å². The number of carbonyl (C=O) groups excluding carboxylic acids is 1. The Kier molecular flexibility index (Phi) is 7.69. The van der Waals surface area contributed by atoms with E-state index >= 15 is 8.78 Å². The van der Waals surface area contributed by atoms with E-state index in [1.165, 1.54) is 22.8 Å². The van der Waals surface area contributed by atoms with E-state index < -0.39 is 17.3 Å². The van der Waals surface area contributed by atoms with Crippen molar-refractivity contribution in [3.63, 3.8) is 0 Å². The van der Waals surface area contributed by atoms with Gasteiger partial charge in [-0.25, -0.2) is 23.1 Å². The van der Waals surface area contributed by atoms with E-state index in [0.717, 1.165) is 17.5 Å². The summed E-state index contributed by atoms with van der Waals surface area (Å²) in [6, 6.07) is 11.8. The van der Waals surface area contributed by atoms with Crippen molar-refractivity contribution in [3.8, 4) is 16.9 Å². The first-order valence-electron chi connectivity index (χ1n) is 15.0. The molecule has 2 aliphatic heterocycles. The first kappa shape index (κ1) is 29.5. The quantitative estimate of drug-likeness (QED) is 0.292. The number of aromatic nitrogens is 3. The third-order valence-corrected chi connectivity index (χ3v) is 8.76. The average molecular weight is 599 g/mol. The predicted molar refractivity (Wildman–Crippen MR) is 170 cm³/mol. The monoisotopic (exact) mass is 598 g/mol. The second kappa shape index (κ2) is 11.5. The van der Waals surface area contributed by atoms with Gasteiger partial charge in [-0.05, 0) is 61.1 Å². The molecule has 1 fully saturated rings. The van der Waals surface area contributed by atoms with Crippen molar-refractivity contribution < 1.29 is 13.6 Å². The molecule has 8 nitrogen and oxygen atoms in total. The molecule has 0 spiro atoms. The van der Waals surface area contributed by atoms with Crippen LogP contribution in [-0.4, -0.2) is 64.6 Å². The minimum Gasteiger partial charge on any atom is -0.374 e. The molecule has 1 atom stereocenters. The summed E-state index contributed by atoms with van der Waals surface area (Å²) in [5, 5.41) is 0.342. The first-order valence-corrected chi connectivity index (χ1v) is 15.0. The van der Waals surface area contributed by atoms with Crippen LogP contribution in [-0.2, 0) is 11.2 Å². The summed E-state index contributed by atoms with van der Waals surface area (Å²) in [6.45, 7) is 11.4. The van der Waals surface area contributed by atoms with Crippen molar-refractivity contribution in [2.75, 3.05) is 43.0 Å². The van der Waals surface area contributed by atoms with Crippen LogP contribution >= 0.6 is 0 Å². The molecule has 4 aromatic rings. The number of aryl methyl sites for hydroxylation is 1. The molecule has 44 heavy (non-hydrogen) atoms. The van der Waals surface area contributed by atoms with Gasteiger partial charge in [-0.2, -0.15) is 4.98 Å². The van der Waals surface area contributed by atoms with Gasteiger partial charge in [0.25, 0.3) is 0 Å². The van der Waals surface area contributed by atoms with E-state index in [1.807, 2.05) is 42.0 Å². The van der Waals surface area contributed by atoms with Crippen LogP contribution in [0.25, 0.3) is 28.0 Å². The lowest BCUT2D eigenvalue weighted by molar-refractivity contribution is -0.126. The molecule has 4 heterocycles. The molecular formula is C34H36F2N6O2. The molecule has 0 saturated carbocycles. The number of carbonyl (C=O) groups is 1. The van der Waals surface area contributed by atoms with E-state index in [1.54, 1.807) is 17.0 Å². The lowest BCUT2D eigenvalue weighted by Crippen LogP contribution is -2.54. The number of fused-ring (bicyclic) bond motifs is 5. The maximum atomic E-state index is 16.3. The standard InChI is InChI=1S/C34H36F2N6O2/c1-6-28(43)40-16-17-41(21(4)19-40)32-24-18-26(36)30-29-25(35)13-8-14-27(29)39(5)15-9-11-22-10-7-12-23(20(2)3)31(22)42(33(24)37-30)34(44)38-32/h6-8,10,12-14,18,20-21H,1,9,11,15-17,19H2,2-5H3/t21-/m0/s1. The average Bonchev–Trinajstić information content (AvgIpc) is 3.00. The summed E-state index contributed by atoms with van der Waals surface area (Å²) >= 11 is 0. The third kappa shape index (κ3) is 4.92. The minimum absolute atomic E-state index is 0.0506. The fraction of sp³-hybridized carbons (Fsp3) is 0.353. The summed E-state index contributed by atoms with van der Waals surface area (Å²) in [4.78, 5) is 41.4. The lowest BCUT2D eigenvalue weighted by Gasteiger charge is -2.40. The number of amides is 1. The Morgan fingerprint density at radius 3 is 2.57 bits per heavy atom. The molecule has 2 aromatic heterocycles. The second-order valence-electron chi connectivity index (χ2n) is 11.9. The highest BCUT2D eigenvalue weighted by atomic mass is 19.1. The molecule has 1 amide bonds. The zero-order valence-electron chi connectivity index (χ0n) is 25.5. The normalized spacial score (nSPS) is 16.9. The van der Waals surface area contributed by atoms with Crippen molar-refractivity contribution in [2.45, 2.75) is 45.6 Å². The fourth-order valence-electron chi connectivity index (χ4n) is 6.55. The largest absolute Gasteiger partial charge is 0.374 e. The SMILES string of the molecule is C=CC(=O)N1CCN(c2nc(=O)n3c4nc(c(F)cc24)-c2c(F)cccc2N(C)CCCc2cccc(C(C)C)c2-3)[C@@H](C)C1. The van der Waals surface area contributed by atoms with Crippen LogP contribution in [0.15, 0.2) is 59.9 Å². The number of hydrogen-bond acceptors (Lipinski definition) is 6. The Balaban J connectivity index is 1.70. The molecule has 1 saturated heterocycles. The highest BCUT2D eigenvalue weighted by Crippen LogP contribution is 2.38. The summed E-state index contributed by atoms with van der Waals surface area (Å²) in [5.41, 5.74) is 2.65. The van der Waals surface area contributed by atoms with Gasteiger partial charge in [0.05, 0.1) is 16.6 Å². The molecule has 0 unspecified atom stereocenters. The highest BCUT2D eigenvalue weighted by molar-refractivity contribution is 5.92. The number of piperazine rings is 1. The summed E-state index contributed by atoms with van der Waals surface area (Å²) in [7, 11) is 1.87. The van der Waals surface area contributed by atoms with Crippen LogP contribution in [0.4, 0.5) is 20.3 Å². The van der Waals surface area contributed by atoms with E-state index in [2.05, 4.69) is 25.4 Å². The highest BCUT2D eigenvalue weighted by Gasteiger charge is 2.31. The Hall–Kier alpha value is -4.60. The number of nitrogens with zero attached hydrogens (tertiary/aromatic N) is 6. The second-order valence-corrected chi connectivity index (χ2v) is 11.9. The zero-order chi connectivity index (χ0) is 31.3. The smallest absolute Gasteiger partial charge is 0.355 e. The van der Waals surface area contributed by atoms with Gasteiger partial charge in [-0.3, -0.25) is 4.79 Å². The third-order valence-electron chi connectivity index (χ3n) is 8.76. The zero-order valence-corrected chi connectivity index (χ0v) is 25.5. The van der Waals surface area contributed by atoms with Gasteiger partial charge in [-0.15, -0.1) is 0 Å². The molecule has 2 aliphatic rings. The number of anilines is 2. The van der Waals surface area contributed by atoms with Crippen molar-refractivity contribution in [2.24, 2.45) is 0 Å². The summed E-state index contributed by atoms with van der Waals surface area (Å²) < 4.78 is 33.4. The van der Waals surface area contributed by atoms with Crippen molar-refractivity contribution >= 4 is 28.4 Å². The molecule has 0 radical (unpaired) electrons. The number of benzene rings is 2. The Morgan fingerprint density at radius 1 is 1.07 bits per heavy atom. The van der Waals surface area contributed by atoms with Gasteiger partial charge < -0.3 is 14.7 Å². The van der Waals surface area contributed by atoms with Crippen molar-refractivity contribution in [1.29, 1.82) is 0 Å². The van der Waals surface area contributed by atoms with Crippen LogP contribution in [0.3, 0.4) is 0 Å². The van der Waals surface area contributed by atoms with Crippen molar-refractivity contribution in [1.82, 2.24) is 19.4 Å². The number of hydrogen-bond donors (Lipinski definition) is 0. The minimum atomic E-state index is -0.715. The van der Waals surface area contributed by atoms with Gasteiger partial charge in [-0.1, -0.05) is 44.7 Å². The Morgan fingerprint density at radius 2 is 1.84 bits per heavy atom. The molecule has 0 N–H and O–H groups in total. The van der Waals surface area contributed by atoms with E-state index in [4.69, 9.17) is 4.98 Å². The summed E-state index contributed by atoms with van der Waals surface area (Å²) in [6.07, 6.45) is 2.66. The van der Waals surface area contributed by atoms with Gasteiger partial charge in [0, 0.05) is 45.0 Å². The van der Waals surface area contributed by atoms with Crippen LogP contribution < -0.4 is 15.5 Å². The molecular weight excluding hydrogens is 562 g/mol. The van der Waals surface area contributed by atoms with Gasteiger partial charge >= 0.3 is 5.69 Å². The number of para-hydroxylation sites is 1. The lowest BCUT2D eigenvalue weighted by atomic mass is 9.95.